The number of thioether (sulfide) groups is 1. The van der Waals surface area contributed by atoms with E-state index >= 15 is 0 Å². The Kier molecular flexibility index (Phi) is 5.94. The van der Waals surface area contributed by atoms with Gasteiger partial charge in [-0.25, -0.2) is 4.79 Å². The van der Waals surface area contributed by atoms with Gasteiger partial charge in [0.25, 0.3) is 5.91 Å². The fourth-order valence-corrected chi connectivity index (χ4v) is 5.20. The molecule has 5 nitrogen and oxygen atoms in total. The fraction of sp³-hybridized carbons (Fsp3) is 0.667. The van der Waals surface area contributed by atoms with Crippen molar-refractivity contribution in [2.45, 2.75) is 49.4 Å². The summed E-state index contributed by atoms with van der Waals surface area (Å²) < 4.78 is 6.46. The summed E-state index contributed by atoms with van der Waals surface area (Å²) in [5.41, 5.74) is 0. The van der Waals surface area contributed by atoms with E-state index in [0.29, 0.717) is 25.6 Å². The molecular weight excluding hydrogens is 356 g/mol. The van der Waals surface area contributed by atoms with Gasteiger partial charge in [0, 0.05) is 19.1 Å². The van der Waals surface area contributed by atoms with Gasteiger partial charge in [-0.1, -0.05) is 13.8 Å². The molecule has 0 aromatic carbocycles. The van der Waals surface area contributed by atoms with Crippen LogP contribution in [0.2, 0.25) is 0 Å². The summed E-state index contributed by atoms with van der Waals surface area (Å²) in [5.74, 6) is 0.652. The highest BCUT2D eigenvalue weighted by Gasteiger charge is 2.40. The predicted molar refractivity (Wildman–Crippen MR) is 101 cm³/mol. The lowest BCUT2D eigenvalue weighted by molar-refractivity contribution is 0.0635. The summed E-state index contributed by atoms with van der Waals surface area (Å²) in [5, 5.41) is 0. The summed E-state index contributed by atoms with van der Waals surface area (Å²) in [6.07, 6.45) is 4.47. The number of hydrogen-bond acceptors (Lipinski definition) is 5. The maximum atomic E-state index is 12.7. The van der Waals surface area contributed by atoms with Crippen molar-refractivity contribution >= 4 is 35.1 Å². The molecule has 1 aromatic rings. The highest BCUT2D eigenvalue weighted by atomic mass is 32.2. The molecule has 0 saturated carbocycles. The lowest BCUT2D eigenvalue weighted by atomic mass is 9.98. The van der Waals surface area contributed by atoms with Crippen LogP contribution in [-0.4, -0.2) is 59.8 Å². The molecule has 0 spiro atoms. The number of carbonyl (C=O) groups excluding carboxylic acids is 2. The maximum Gasteiger partial charge on any atom is 0.410 e. The second-order valence-corrected chi connectivity index (χ2v) is 9.30. The Labute approximate surface area is 157 Å². The van der Waals surface area contributed by atoms with Crippen molar-refractivity contribution in [1.82, 2.24) is 9.80 Å². The molecule has 0 radical (unpaired) electrons. The molecule has 0 N–H and O–H groups in total. The Morgan fingerprint density at radius 3 is 2.68 bits per heavy atom. The minimum Gasteiger partial charge on any atom is -0.447 e. The van der Waals surface area contributed by atoms with Crippen molar-refractivity contribution in [3.63, 3.8) is 0 Å². The van der Waals surface area contributed by atoms with Gasteiger partial charge in [0.1, 0.15) is 6.61 Å². The second kappa shape index (κ2) is 7.99. The van der Waals surface area contributed by atoms with E-state index in [1.165, 1.54) is 0 Å². The number of piperidine rings is 1. The average Bonchev–Trinajstić information content (AvgIpc) is 3.21. The molecule has 0 aliphatic carbocycles. The van der Waals surface area contributed by atoms with Crippen molar-refractivity contribution in [3.8, 4) is 0 Å². The third kappa shape index (κ3) is 4.14. The van der Waals surface area contributed by atoms with Crippen LogP contribution >= 0.6 is 23.1 Å². The van der Waals surface area contributed by atoms with E-state index in [4.69, 9.17) is 4.74 Å². The minimum atomic E-state index is -0.182. The molecule has 3 rings (SSSR count). The molecule has 2 aliphatic heterocycles. The third-order valence-corrected chi connectivity index (χ3v) is 7.04. The number of cyclic esters (lactones) is 1. The Morgan fingerprint density at radius 2 is 2.08 bits per heavy atom. The second-order valence-electron chi connectivity index (χ2n) is 7.11. The summed E-state index contributed by atoms with van der Waals surface area (Å²) >= 11 is 3.22. The molecule has 2 saturated heterocycles. The highest BCUT2D eigenvalue weighted by molar-refractivity contribution is 8.00. The van der Waals surface area contributed by atoms with Crippen LogP contribution in [0.1, 0.15) is 42.8 Å². The number of carbonyl (C=O) groups is 2. The van der Waals surface area contributed by atoms with Crippen LogP contribution in [0, 0.1) is 5.92 Å². The Bertz CT molecular complexity index is 624. The zero-order valence-electron chi connectivity index (χ0n) is 15.1. The summed E-state index contributed by atoms with van der Waals surface area (Å²) in [7, 11) is 0. The molecule has 1 unspecified atom stereocenters. The quantitative estimate of drug-likeness (QED) is 0.724. The first-order valence-electron chi connectivity index (χ1n) is 8.87. The molecule has 25 heavy (non-hydrogen) atoms. The van der Waals surface area contributed by atoms with E-state index < -0.39 is 0 Å². The number of likely N-dealkylation sites (tertiary alicyclic amines) is 1. The number of nitrogens with zero attached hydrogens (tertiary/aromatic N) is 2. The van der Waals surface area contributed by atoms with Crippen molar-refractivity contribution in [2.75, 3.05) is 26.0 Å². The van der Waals surface area contributed by atoms with Crippen LogP contribution in [0.25, 0.3) is 0 Å². The SMILES string of the molecule is CSc1ccc(C(=O)N2CCC(N3C(=O)OCC3CC(C)C)CC2)s1. The van der Waals surface area contributed by atoms with E-state index in [2.05, 4.69) is 13.8 Å². The molecule has 2 aliphatic rings. The highest BCUT2D eigenvalue weighted by Crippen LogP contribution is 2.29. The summed E-state index contributed by atoms with van der Waals surface area (Å²) in [6.45, 7) is 6.25. The standard InChI is InChI=1S/C18H26N2O3S2/c1-12(2)10-14-11-23-18(22)20(14)13-6-8-19(9-7-13)17(21)15-4-5-16(24-3)25-15/h4-5,12-14H,6-11H2,1-3H3. The lowest BCUT2D eigenvalue weighted by Gasteiger charge is -2.38. The third-order valence-electron chi connectivity index (χ3n) is 4.89. The van der Waals surface area contributed by atoms with Gasteiger partial charge in [-0.05, 0) is 43.6 Å². The van der Waals surface area contributed by atoms with Gasteiger partial charge in [0.15, 0.2) is 0 Å². The monoisotopic (exact) mass is 382 g/mol. The van der Waals surface area contributed by atoms with Crippen molar-refractivity contribution in [2.24, 2.45) is 5.92 Å². The molecule has 1 aromatic heterocycles. The van der Waals surface area contributed by atoms with Crippen LogP contribution in [0.15, 0.2) is 16.3 Å². The molecule has 1 atom stereocenters. The normalized spacial score (nSPS) is 21.9. The zero-order valence-corrected chi connectivity index (χ0v) is 16.7. The van der Waals surface area contributed by atoms with Crippen molar-refractivity contribution in [1.29, 1.82) is 0 Å². The van der Waals surface area contributed by atoms with E-state index in [1.54, 1.807) is 23.1 Å². The van der Waals surface area contributed by atoms with Crippen molar-refractivity contribution < 1.29 is 14.3 Å². The zero-order chi connectivity index (χ0) is 18.0. The average molecular weight is 383 g/mol. The molecule has 2 amide bonds. The Hall–Kier alpha value is -1.21. The van der Waals surface area contributed by atoms with E-state index in [0.717, 1.165) is 28.3 Å². The largest absolute Gasteiger partial charge is 0.447 e. The molecule has 138 valence electrons. The molecule has 2 fully saturated rings. The van der Waals surface area contributed by atoms with Gasteiger partial charge in [0.2, 0.25) is 0 Å². The van der Waals surface area contributed by atoms with Crippen molar-refractivity contribution in [3.05, 3.63) is 17.0 Å². The predicted octanol–water partition coefficient (Wildman–Crippen LogP) is 3.94. The topological polar surface area (TPSA) is 49.9 Å². The number of amides is 2. The van der Waals surface area contributed by atoms with Gasteiger partial charge >= 0.3 is 6.09 Å². The number of rotatable bonds is 5. The first kappa shape index (κ1) is 18.6. The first-order chi connectivity index (χ1) is 12.0. The molecular formula is C18H26N2O3S2. The van der Waals surface area contributed by atoms with E-state index in [9.17, 15) is 9.59 Å². The van der Waals surface area contributed by atoms with Crippen LogP contribution in [-0.2, 0) is 4.74 Å². The van der Waals surface area contributed by atoms with Crippen LogP contribution in [0.4, 0.5) is 4.79 Å². The number of ether oxygens (including phenoxy) is 1. The Balaban J connectivity index is 1.59. The molecule has 3 heterocycles. The smallest absolute Gasteiger partial charge is 0.410 e. The number of thiophene rings is 1. The maximum absolute atomic E-state index is 12.7. The first-order valence-corrected chi connectivity index (χ1v) is 10.9. The van der Waals surface area contributed by atoms with Crippen LogP contribution in [0.5, 0.6) is 0 Å². The van der Waals surface area contributed by atoms with Gasteiger partial charge in [0.05, 0.1) is 15.1 Å². The van der Waals surface area contributed by atoms with Gasteiger partial charge in [-0.15, -0.1) is 23.1 Å². The van der Waals surface area contributed by atoms with Gasteiger partial charge < -0.3 is 9.64 Å². The van der Waals surface area contributed by atoms with E-state index in [1.807, 2.05) is 28.2 Å². The minimum absolute atomic E-state index is 0.117. The number of hydrogen-bond donors (Lipinski definition) is 0. The lowest BCUT2D eigenvalue weighted by Crippen LogP contribution is -2.49. The molecule has 0 bridgehead atoms. The Morgan fingerprint density at radius 1 is 1.36 bits per heavy atom. The summed E-state index contributed by atoms with van der Waals surface area (Å²) in [4.78, 5) is 29.5. The van der Waals surface area contributed by atoms with Gasteiger partial charge in [-0.3, -0.25) is 9.69 Å². The fourth-order valence-electron chi connectivity index (χ4n) is 3.69. The van der Waals surface area contributed by atoms with Crippen LogP contribution < -0.4 is 0 Å². The summed E-state index contributed by atoms with van der Waals surface area (Å²) in [6, 6.07) is 4.29. The molecule has 7 heteroatoms. The van der Waals surface area contributed by atoms with Gasteiger partial charge in [-0.2, -0.15) is 0 Å². The van der Waals surface area contributed by atoms with Crippen LogP contribution in [0.3, 0.4) is 0 Å². The van der Waals surface area contributed by atoms with E-state index in [-0.39, 0.29) is 24.1 Å².